The van der Waals surface area contributed by atoms with Crippen molar-refractivity contribution in [3.63, 3.8) is 0 Å². The number of carbonyl (C=O) groups excluding carboxylic acids is 1. The van der Waals surface area contributed by atoms with Crippen molar-refractivity contribution in [1.82, 2.24) is 15.1 Å². The summed E-state index contributed by atoms with van der Waals surface area (Å²) in [7, 11) is 0. The maximum absolute atomic E-state index is 11.9. The highest BCUT2D eigenvalue weighted by molar-refractivity contribution is 5.78. The van der Waals surface area contributed by atoms with Gasteiger partial charge in [0.05, 0.1) is 12.8 Å². The Balaban J connectivity index is 2.00. The Morgan fingerprint density at radius 1 is 1.32 bits per heavy atom. The lowest BCUT2D eigenvalue weighted by atomic mass is 10.0. The molecule has 0 bridgehead atoms. The Morgan fingerprint density at radius 2 is 2.09 bits per heavy atom. The molecule has 6 nitrogen and oxygen atoms in total. The van der Waals surface area contributed by atoms with Crippen LogP contribution in [0.2, 0.25) is 0 Å². The smallest absolute Gasteiger partial charge is 0.266 e. The molecule has 118 valence electrons. The Hall–Kier alpha value is -2.37. The van der Waals surface area contributed by atoms with Gasteiger partial charge in [0, 0.05) is 18.5 Å². The minimum absolute atomic E-state index is 0.0270. The van der Waals surface area contributed by atoms with Crippen molar-refractivity contribution in [2.75, 3.05) is 6.54 Å². The van der Waals surface area contributed by atoms with Crippen molar-refractivity contribution in [2.24, 2.45) is 5.92 Å². The molecule has 1 N–H and O–H groups in total. The van der Waals surface area contributed by atoms with Crippen LogP contribution in [-0.2, 0) is 11.3 Å². The summed E-state index contributed by atoms with van der Waals surface area (Å²) in [6.07, 6.45) is 3.19. The minimum Gasteiger partial charge on any atom is -0.463 e. The highest BCUT2D eigenvalue weighted by Gasteiger charge is 2.13. The van der Waals surface area contributed by atoms with E-state index in [-0.39, 0.29) is 17.4 Å². The van der Waals surface area contributed by atoms with E-state index < -0.39 is 0 Å². The maximum Gasteiger partial charge on any atom is 0.266 e. The van der Waals surface area contributed by atoms with Crippen LogP contribution in [0.3, 0.4) is 0 Å². The molecule has 0 fully saturated rings. The van der Waals surface area contributed by atoms with Crippen LogP contribution in [0.5, 0.6) is 0 Å². The molecule has 1 amide bonds. The molecule has 22 heavy (non-hydrogen) atoms. The number of nitrogens with zero attached hydrogens (tertiary/aromatic N) is 2. The fourth-order valence-corrected chi connectivity index (χ4v) is 2.25. The molecule has 0 unspecified atom stereocenters. The Morgan fingerprint density at radius 3 is 2.73 bits per heavy atom. The molecule has 2 heterocycles. The molecule has 0 saturated carbocycles. The minimum atomic E-state index is -0.202. The summed E-state index contributed by atoms with van der Waals surface area (Å²) in [6, 6.07) is 6.63. The van der Waals surface area contributed by atoms with Crippen LogP contribution < -0.4 is 10.9 Å². The summed E-state index contributed by atoms with van der Waals surface area (Å²) in [5.74, 6) is 0.661. The Kier molecular flexibility index (Phi) is 5.52. The van der Waals surface area contributed by atoms with Crippen molar-refractivity contribution in [3.8, 4) is 11.5 Å². The van der Waals surface area contributed by atoms with Gasteiger partial charge in [-0.1, -0.05) is 13.8 Å². The lowest BCUT2D eigenvalue weighted by Crippen LogP contribution is -2.35. The number of aromatic nitrogens is 2. The zero-order chi connectivity index (χ0) is 15.9. The molecular weight excluding hydrogens is 282 g/mol. The third-order valence-electron chi connectivity index (χ3n) is 3.62. The molecular formula is C16H21N3O3. The van der Waals surface area contributed by atoms with Crippen LogP contribution >= 0.6 is 0 Å². The third-order valence-corrected chi connectivity index (χ3v) is 3.62. The van der Waals surface area contributed by atoms with E-state index in [0.717, 1.165) is 12.8 Å². The van der Waals surface area contributed by atoms with E-state index in [1.807, 2.05) is 13.8 Å². The van der Waals surface area contributed by atoms with E-state index >= 15 is 0 Å². The average Bonchev–Trinajstić information content (AvgIpc) is 3.04. The van der Waals surface area contributed by atoms with Gasteiger partial charge in [-0.15, -0.1) is 0 Å². The second-order valence-electron chi connectivity index (χ2n) is 5.06. The van der Waals surface area contributed by atoms with E-state index in [4.69, 9.17) is 4.42 Å². The number of amides is 1. The first kappa shape index (κ1) is 16.0. The van der Waals surface area contributed by atoms with Gasteiger partial charge in [-0.25, -0.2) is 4.68 Å². The van der Waals surface area contributed by atoms with Crippen LogP contribution in [0.1, 0.15) is 26.7 Å². The molecule has 0 spiro atoms. The molecule has 0 aliphatic carbocycles. The maximum atomic E-state index is 11.9. The fraction of sp³-hybridized carbons (Fsp3) is 0.438. The topological polar surface area (TPSA) is 77.1 Å². The van der Waals surface area contributed by atoms with Gasteiger partial charge in [0.15, 0.2) is 5.76 Å². The van der Waals surface area contributed by atoms with Crippen molar-refractivity contribution in [3.05, 3.63) is 40.9 Å². The molecule has 0 aliphatic rings. The summed E-state index contributed by atoms with van der Waals surface area (Å²) >= 11 is 0. The van der Waals surface area contributed by atoms with Gasteiger partial charge in [-0.3, -0.25) is 9.59 Å². The van der Waals surface area contributed by atoms with Crippen molar-refractivity contribution in [2.45, 2.75) is 33.2 Å². The first-order chi connectivity index (χ1) is 10.7. The van der Waals surface area contributed by atoms with Crippen molar-refractivity contribution < 1.29 is 9.21 Å². The lowest BCUT2D eigenvalue weighted by molar-refractivity contribution is -0.125. The number of hydrogen-bond donors (Lipinski definition) is 1. The zero-order valence-electron chi connectivity index (χ0n) is 12.9. The first-order valence-corrected chi connectivity index (χ1v) is 7.55. The van der Waals surface area contributed by atoms with Gasteiger partial charge in [0.1, 0.15) is 5.69 Å². The second kappa shape index (κ2) is 7.59. The standard InChI is InChI=1S/C16H21N3O3/c1-3-12(4-2)16(21)17-9-10-19-15(20)8-7-13(18-19)14-6-5-11-22-14/h5-8,11-12H,3-4,9-10H2,1-2H3,(H,17,21). The molecule has 0 radical (unpaired) electrons. The molecule has 2 rings (SSSR count). The molecule has 2 aromatic rings. The van der Waals surface area contributed by atoms with E-state index in [2.05, 4.69) is 10.4 Å². The van der Waals surface area contributed by atoms with Gasteiger partial charge in [-0.2, -0.15) is 5.10 Å². The van der Waals surface area contributed by atoms with Gasteiger partial charge in [-0.05, 0) is 31.0 Å². The zero-order valence-corrected chi connectivity index (χ0v) is 12.9. The van der Waals surface area contributed by atoms with E-state index in [0.29, 0.717) is 24.5 Å². The lowest BCUT2D eigenvalue weighted by Gasteiger charge is -2.13. The number of carbonyl (C=O) groups is 1. The summed E-state index contributed by atoms with van der Waals surface area (Å²) < 4.78 is 6.61. The van der Waals surface area contributed by atoms with Crippen LogP contribution in [0.15, 0.2) is 39.7 Å². The summed E-state index contributed by atoms with van der Waals surface area (Å²) in [5, 5.41) is 7.11. The summed E-state index contributed by atoms with van der Waals surface area (Å²) in [4.78, 5) is 23.7. The van der Waals surface area contributed by atoms with Gasteiger partial charge >= 0.3 is 0 Å². The highest BCUT2D eigenvalue weighted by Crippen LogP contribution is 2.14. The SMILES string of the molecule is CCC(CC)C(=O)NCCn1nc(-c2ccco2)ccc1=O. The predicted molar refractivity (Wildman–Crippen MR) is 83.3 cm³/mol. The molecule has 2 aromatic heterocycles. The van der Waals surface area contributed by atoms with Crippen LogP contribution in [0, 0.1) is 5.92 Å². The second-order valence-corrected chi connectivity index (χ2v) is 5.06. The Labute approximate surface area is 129 Å². The van der Waals surface area contributed by atoms with Crippen LogP contribution in [-0.4, -0.2) is 22.2 Å². The molecule has 0 saturated heterocycles. The van der Waals surface area contributed by atoms with E-state index in [1.165, 1.54) is 10.7 Å². The van der Waals surface area contributed by atoms with Crippen molar-refractivity contribution in [1.29, 1.82) is 0 Å². The van der Waals surface area contributed by atoms with Gasteiger partial charge < -0.3 is 9.73 Å². The fourth-order valence-electron chi connectivity index (χ4n) is 2.25. The largest absolute Gasteiger partial charge is 0.463 e. The first-order valence-electron chi connectivity index (χ1n) is 7.55. The Bertz CT molecular complexity index is 658. The third kappa shape index (κ3) is 3.84. The number of rotatable bonds is 7. The molecule has 0 aromatic carbocycles. The normalized spacial score (nSPS) is 10.9. The highest BCUT2D eigenvalue weighted by atomic mass is 16.3. The number of furan rings is 1. The summed E-state index contributed by atoms with van der Waals surface area (Å²) in [5.41, 5.74) is 0.392. The summed E-state index contributed by atoms with van der Waals surface area (Å²) in [6.45, 7) is 4.70. The van der Waals surface area contributed by atoms with Crippen LogP contribution in [0.25, 0.3) is 11.5 Å². The predicted octanol–water partition coefficient (Wildman–Crippen LogP) is 2.06. The quantitative estimate of drug-likeness (QED) is 0.849. The van der Waals surface area contributed by atoms with E-state index in [9.17, 15) is 9.59 Å². The monoisotopic (exact) mass is 303 g/mol. The number of hydrogen-bond acceptors (Lipinski definition) is 4. The average molecular weight is 303 g/mol. The van der Waals surface area contributed by atoms with Crippen molar-refractivity contribution >= 4 is 5.91 Å². The van der Waals surface area contributed by atoms with E-state index in [1.54, 1.807) is 24.5 Å². The molecule has 0 aliphatic heterocycles. The number of nitrogens with one attached hydrogen (secondary N) is 1. The van der Waals surface area contributed by atoms with Gasteiger partial charge in [0.2, 0.25) is 5.91 Å². The van der Waals surface area contributed by atoms with Gasteiger partial charge in [0.25, 0.3) is 5.56 Å². The molecule has 6 heteroatoms. The molecule has 0 atom stereocenters. The van der Waals surface area contributed by atoms with Crippen LogP contribution in [0.4, 0.5) is 0 Å².